The Morgan fingerprint density at radius 3 is 2.07 bits per heavy atom. The van der Waals surface area contributed by atoms with E-state index in [9.17, 15) is 0 Å². The van der Waals surface area contributed by atoms with Crippen LogP contribution in [0.3, 0.4) is 0 Å². The van der Waals surface area contributed by atoms with E-state index in [1.165, 1.54) is 16.7 Å². The molecule has 2 aliphatic heterocycles. The molecule has 30 heavy (non-hydrogen) atoms. The average Bonchev–Trinajstić information content (AvgIpc) is 3.02. The Labute approximate surface area is 182 Å². The molecule has 2 aromatic rings. The normalized spacial score (nSPS) is 22.9. The van der Waals surface area contributed by atoms with Crippen molar-refractivity contribution < 1.29 is 9.47 Å². The second kappa shape index (κ2) is 8.82. The fourth-order valence-electron chi connectivity index (χ4n) is 5.62. The van der Waals surface area contributed by atoms with Gasteiger partial charge in [0.25, 0.3) is 0 Å². The standard InChI is InChI=1S/C27H37NO2/c1-21(2)28(22(3)4)18-10-15-27(23-11-6-5-7-12-23)25-14-9-8-13-24(25)26(30-27)16-19-29-20-17-26/h5-9,11-14,21-22H,10,15-20H2,1-4H3. The molecule has 3 nitrogen and oxygen atoms in total. The molecule has 2 heterocycles. The highest BCUT2D eigenvalue weighted by Crippen LogP contribution is 2.56. The third kappa shape index (κ3) is 3.84. The molecule has 3 heteroatoms. The summed E-state index contributed by atoms with van der Waals surface area (Å²) in [4.78, 5) is 2.59. The van der Waals surface area contributed by atoms with E-state index in [-0.39, 0.29) is 11.2 Å². The molecule has 0 aromatic heterocycles. The van der Waals surface area contributed by atoms with Gasteiger partial charge in [-0.05, 0) is 63.8 Å². The van der Waals surface area contributed by atoms with E-state index in [0.717, 1.165) is 45.4 Å². The Hall–Kier alpha value is -1.68. The summed E-state index contributed by atoms with van der Waals surface area (Å²) < 4.78 is 13.0. The minimum absolute atomic E-state index is 0.222. The molecule has 1 saturated heterocycles. The second-order valence-corrected chi connectivity index (χ2v) is 9.48. The SMILES string of the molecule is CC(C)N(CCCC1(c2ccccc2)OC2(CCOCC2)c2ccccc21)C(C)C. The van der Waals surface area contributed by atoms with Gasteiger partial charge in [0.05, 0.1) is 5.60 Å². The minimum Gasteiger partial charge on any atom is -0.381 e. The van der Waals surface area contributed by atoms with Gasteiger partial charge in [-0.3, -0.25) is 4.90 Å². The van der Waals surface area contributed by atoms with Gasteiger partial charge in [-0.1, -0.05) is 54.6 Å². The van der Waals surface area contributed by atoms with Gasteiger partial charge < -0.3 is 9.47 Å². The first kappa shape index (κ1) is 21.5. The fourth-order valence-corrected chi connectivity index (χ4v) is 5.62. The van der Waals surface area contributed by atoms with Gasteiger partial charge in [-0.2, -0.15) is 0 Å². The summed E-state index contributed by atoms with van der Waals surface area (Å²) in [5, 5.41) is 0. The van der Waals surface area contributed by atoms with Crippen LogP contribution in [0.4, 0.5) is 0 Å². The highest BCUT2D eigenvalue weighted by Gasteiger charge is 2.54. The van der Waals surface area contributed by atoms with Gasteiger partial charge in [0, 0.05) is 38.1 Å². The smallest absolute Gasteiger partial charge is 0.120 e. The number of benzene rings is 2. The quantitative estimate of drug-likeness (QED) is 0.573. The van der Waals surface area contributed by atoms with Gasteiger partial charge in [-0.15, -0.1) is 0 Å². The summed E-state index contributed by atoms with van der Waals surface area (Å²) >= 11 is 0. The van der Waals surface area contributed by atoms with Gasteiger partial charge in [0.1, 0.15) is 5.60 Å². The van der Waals surface area contributed by atoms with Crippen LogP contribution in [0.2, 0.25) is 0 Å². The Kier molecular flexibility index (Phi) is 6.34. The first-order valence-electron chi connectivity index (χ1n) is 11.7. The van der Waals surface area contributed by atoms with E-state index >= 15 is 0 Å². The van der Waals surface area contributed by atoms with Crippen molar-refractivity contribution in [3.05, 3.63) is 71.3 Å². The topological polar surface area (TPSA) is 21.7 Å². The van der Waals surface area contributed by atoms with E-state index in [4.69, 9.17) is 9.47 Å². The lowest BCUT2D eigenvalue weighted by Gasteiger charge is -2.39. The molecule has 1 unspecified atom stereocenters. The monoisotopic (exact) mass is 407 g/mol. The highest BCUT2D eigenvalue weighted by molar-refractivity contribution is 5.48. The predicted octanol–water partition coefficient (Wildman–Crippen LogP) is 5.87. The van der Waals surface area contributed by atoms with E-state index in [0.29, 0.717) is 12.1 Å². The van der Waals surface area contributed by atoms with Crippen LogP contribution in [0.25, 0.3) is 0 Å². The number of rotatable bonds is 7. The molecule has 0 N–H and O–H groups in total. The summed E-state index contributed by atoms with van der Waals surface area (Å²) in [6, 6.07) is 20.9. The number of nitrogens with zero attached hydrogens (tertiary/aromatic N) is 1. The maximum absolute atomic E-state index is 7.24. The van der Waals surface area contributed by atoms with Gasteiger partial charge >= 0.3 is 0 Å². The number of ether oxygens (including phenoxy) is 2. The van der Waals surface area contributed by atoms with Gasteiger partial charge in [-0.25, -0.2) is 0 Å². The van der Waals surface area contributed by atoms with Crippen LogP contribution in [0, 0.1) is 0 Å². The Bertz CT molecular complexity index is 818. The zero-order valence-electron chi connectivity index (χ0n) is 19.1. The maximum atomic E-state index is 7.24. The molecule has 1 atom stereocenters. The fraction of sp³-hybridized carbons (Fsp3) is 0.556. The van der Waals surface area contributed by atoms with E-state index in [2.05, 4.69) is 87.2 Å². The van der Waals surface area contributed by atoms with E-state index in [1.807, 2.05) is 0 Å². The summed E-state index contributed by atoms with van der Waals surface area (Å²) in [5.41, 5.74) is 3.41. The molecule has 0 radical (unpaired) electrons. The Balaban J connectivity index is 1.71. The summed E-state index contributed by atoms with van der Waals surface area (Å²) in [7, 11) is 0. The maximum Gasteiger partial charge on any atom is 0.120 e. The van der Waals surface area contributed by atoms with Gasteiger partial charge in [0.15, 0.2) is 0 Å². The molecule has 2 aromatic carbocycles. The molecule has 1 spiro atoms. The molecule has 0 bridgehead atoms. The van der Waals surface area contributed by atoms with Crippen molar-refractivity contribution in [1.82, 2.24) is 4.90 Å². The number of hydrogen-bond donors (Lipinski definition) is 0. The zero-order valence-corrected chi connectivity index (χ0v) is 19.1. The van der Waals surface area contributed by atoms with Crippen LogP contribution in [0.15, 0.2) is 54.6 Å². The summed E-state index contributed by atoms with van der Waals surface area (Å²) in [6.45, 7) is 11.8. The molecule has 0 aliphatic carbocycles. The molecule has 0 amide bonds. The van der Waals surface area contributed by atoms with Crippen molar-refractivity contribution in [3.63, 3.8) is 0 Å². The predicted molar refractivity (Wildman–Crippen MR) is 123 cm³/mol. The highest BCUT2D eigenvalue weighted by atomic mass is 16.5. The molecule has 162 valence electrons. The largest absolute Gasteiger partial charge is 0.381 e. The summed E-state index contributed by atoms with van der Waals surface area (Å²) in [6.07, 6.45) is 3.96. The molecular weight excluding hydrogens is 370 g/mol. The van der Waals surface area contributed by atoms with Crippen molar-refractivity contribution in [2.75, 3.05) is 19.8 Å². The Morgan fingerprint density at radius 1 is 0.833 bits per heavy atom. The van der Waals surface area contributed by atoms with E-state index < -0.39 is 0 Å². The van der Waals surface area contributed by atoms with Crippen LogP contribution < -0.4 is 0 Å². The lowest BCUT2D eigenvalue weighted by molar-refractivity contribution is -0.167. The van der Waals surface area contributed by atoms with Crippen LogP contribution in [0.5, 0.6) is 0 Å². The van der Waals surface area contributed by atoms with Crippen molar-refractivity contribution in [2.24, 2.45) is 0 Å². The minimum atomic E-state index is -0.380. The van der Waals surface area contributed by atoms with Crippen molar-refractivity contribution in [2.45, 2.75) is 76.7 Å². The van der Waals surface area contributed by atoms with Crippen LogP contribution in [0.1, 0.15) is 70.1 Å². The molecule has 0 saturated carbocycles. The first-order chi connectivity index (χ1) is 14.5. The van der Waals surface area contributed by atoms with Crippen LogP contribution >= 0.6 is 0 Å². The Morgan fingerprint density at radius 2 is 1.43 bits per heavy atom. The third-order valence-electron chi connectivity index (χ3n) is 7.03. The van der Waals surface area contributed by atoms with E-state index in [1.54, 1.807) is 0 Å². The van der Waals surface area contributed by atoms with Crippen LogP contribution in [-0.2, 0) is 20.7 Å². The lowest BCUT2D eigenvalue weighted by atomic mass is 9.79. The van der Waals surface area contributed by atoms with Crippen molar-refractivity contribution in [1.29, 1.82) is 0 Å². The number of hydrogen-bond acceptors (Lipinski definition) is 3. The first-order valence-corrected chi connectivity index (χ1v) is 11.7. The van der Waals surface area contributed by atoms with Crippen LogP contribution in [-0.4, -0.2) is 36.7 Å². The third-order valence-corrected chi connectivity index (χ3v) is 7.03. The van der Waals surface area contributed by atoms with Gasteiger partial charge in [0.2, 0.25) is 0 Å². The molecule has 2 aliphatic rings. The molecule has 1 fully saturated rings. The zero-order chi connectivity index (χ0) is 21.2. The van der Waals surface area contributed by atoms with Crippen molar-refractivity contribution >= 4 is 0 Å². The molecular formula is C27H37NO2. The summed E-state index contributed by atoms with van der Waals surface area (Å²) in [5.74, 6) is 0. The molecule has 4 rings (SSSR count). The van der Waals surface area contributed by atoms with Crippen molar-refractivity contribution in [3.8, 4) is 0 Å². The number of fused-ring (bicyclic) bond motifs is 2. The lowest BCUT2D eigenvalue weighted by Crippen LogP contribution is -2.40. The second-order valence-electron chi connectivity index (χ2n) is 9.48. The average molecular weight is 408 g/mol.